The highest BCUT2D eigenvalue weighted by molar-refractivity contribution is 7.89. The van der Waals surface area contributed by atoms with Gasteiger partial charge < -0.3 is 14.6 Å². The number of hydrogen-bond donors (Lipinski definition) is 1. The standard InChI is InChI=1S/C20H21N3O5S/c1-28-20(25)15-9-7-14(8-10-15)11-21-19(24)12-23-17-6-4-3-5-16(17)22-18(23)13-29(2,26)27/h3-10H,11-13H2,1-2H3,(H,21,24). The fraction of sp³-hybridized carbons (Fsp3) is 0.250. The first-order valence-corrected chi connectivity index (χ1v) is 10.9. The number of nitrogens with one attached hydrogen (secondary N) is 1. The van der Waals surface area contributed by atoms with Crippen LogP contribution >= 0.6 is 0 Å². The van der Waals surface area contributed by atoms with Crippen molar-refractivity contribution in [1.82, 2.24) is 14.9 Å². The molecule has 152 valence electrons. The van der Waals surface area contributed by atoms with Crippen LogP contribution < -0.4 is 5.32 Å². The summed E-state index contributed by atoms with van der Waals surface area (Å²) < 4.78 is 29.7. The molecule has 1 heterocycles. The monoisotopic (exact) mass is 415 g/mol. The number of esters is 1. The zero-order valence-electron chi connectivity index (χ0n) is 16.1. The molecule has 3 aromatic rings. The molecule has 0 atom stereocenters. The second-order valence-electron chi connectivity index (χ2n) is 6.64. The summed E-state index contributed by atoms with van der Waals surface area (Å²) in [4.78, 5) is 28.3. The highest BCUT2D eigenvalue weighted by Crippen LogP contribution is 2.17. The van der Waals surface area contributed by atoms with E-state index in [2.05, 4.69) is 15.0 Å². The lowest BCUT2D eigenvalue weighted by Gasteiger charge is -2.10. The van der Waals surface area contributed by atoms with Crippen LogP contribution in [-0.2, 0) is 38.2 Å². The average molecular weight is 415 g/mol. The molecule has 9 heteroatoms. The second kappa shape index (κ2) is 8.44. The normalized spacial score (nSPS) is 11.4. The van der Waals surface area contributed by atoms with E-state index in [0.29, 0.717) is 22.4 Å². The van der Waals surface area contributed by atoms with Gasteiger partial charge in [0.2, 0.25) is 5.91 Å². The summed E-state index contributed by atoms with van der Waals surface area (Å²) in [7, 11) is -1.99. The number of para-hydroxylation sites is 2. The van der Waals surface area contributed by atoms with Gasteiger partial charge in [-0.3, -0.25) is 4.79 Å². The number of amides is 1. The number of sulfone groups is 1. The molecule has 0 saturated carbocycles. The van der Waals surface area contributed by atoms with Gasteiger partial charge in [0.15, 0.2) is 9.84 Å². The Morgan fingerprint density at radius 1 is 1.10 bits per heavy atom. The Morgan fingerprint density at radius 2 is 1.79 bits per heavy atom. The van der Waals surface area contributed by atoms with Crippen LogP contribution in [0.15, 0.2) is 48.5 Å². The highest BCUT2D eigenvalue weighted by atomic mass is 32.2. The molecule has 0 fully saturated rings. The predicted octanol–water partition coefficient (Wildman–Crippen LogP) is 1.68. The number of carbonyl (C=O) groups excluding carboxylic acids is 2. The topological polar surface area (TPSA) is 107 Å². The minimum Gasteiger partial charge on any atom is -0.465 e. The summed E-state index contributed by atoms with van der Waals surface area (Å²) in [5, 5.41) is 2.80. The zero-order chi connectivity index (χ0) is 21.0. The molecule has 0 unspecified atom stereocenters. The Kier molecular flexibility index (Phi) is 5.97. The number of carbonyl (C=O) groups is 2. The van der Waals surface area contributed by atoms with Crippen LogP contribution in [0.1, 0.15) is 21.7 Å². The Hall–Kier alpha value is -3.20. The van der Waals surface area contributed by atoms with E-state index in [0.717, 1.165) is 11.8 Å². The van der Waals surface area contributed by atoms with E-state index >= 15 is 0 Å². The van der Waals surface area contributed by atoms with Crippen molar-refractivity contribution < 1.29 is 22.7 Å². The average Bonchev–Trinajstić information content (AvgIpc) is 3.01. The lowest BCUT2D eigenvalue weighted by molar-refractivity contribution is -0.121. The maximum absolute atomic E-state index is 12.5. The van der Waals surface area contributed by atoms with E-state index < -0.39 is 15.8 Å². The number of methoxy groups -OCH3 is 1. The Morgan fingerprint density at radius 3 is 2.45 bits per heavy atom. The fourth-order valence-electron chi connectivity index (χ4n) is 2.92. The van der Waals surface area contributed by atoms with Crippen molar-refractivity contribution in [1.29, 1.82) is 0 Å². The molecule has 0 aliphatic heterocycles. The second-order valence-corrected chi connectivity index (χ2v) is 8.78. The van der Waals surface area contributed by atoms with Gasteiger partial charge >= 0.3 is 5.97 Å². The molecule has 0 saturated heterocycles. The zero-order valence-corrected chi connectivity index (χ0v) is 16.9. The molecular formula is C20H21N3O5S. The van der Waals surface area contributed by atoms with Gasteiger partial charge in [0, 0.05) is 12.8 Å². The summed E-state index contributed by atoms with van der Waals surface area (Å²) in [5.41, 5.74) is 2.58. The third-order valence-electron chi connectivity index (χ3n) is 4.29. The van der Waals surface area contributed by atoms with Crippen LogP contribution in [0.2, 0.25) is 0 Å². The lowest BCUT2D eigenvalue weighted by atomic mass is 10.1. The number of imidazole rings is 1. The van der Waals surface area contributed by atoms with E-state index in [1.54, 1.807) is 41.0 Å². The number of aromatic nitrogens is 2. The number of nitrogens with zero attached hydrogens (tertiary/aromatic N) is 2. The minimum absolute atomic E-state index is 0.0500. The van der Waals surface area contributed by atoms with Crippen LogP contribution in [0.5, 0.6) is 0 Å². The molecule has 29 heavy (non-hydrogen) atoms. The first kappa shape index (κ1) is 20.5. The van der Waals surface area contributed by atoms with E-state index in [-0.39, 0.29) is 24.7 Å². The van der Waals surface area contributed by atoms with Gasteiger partial charge in [-0.15, -0.1) is 0 Å². The van der Waals surface area contributed by atoms with Gasteiger partial charge in [-0.2, -0.15) is 0 Å². The lowest BCUT2D eigenvalue weighted by Crippen LogP contribution is -2.28. The summed E-state index contributed by atoms with van der Waals surface area (Å²) in [5.74, 6) is -0.624. The fourth-order valence-corrected chi connectivity index (χ4v) is 3.61. The molecule has 0 aliphatic rings. The van der Waals surface area contributed by atoms with Gasteiger partial charge in [-0.1, -0.05) is 24.3 Å². The number of rotatable bonds is 7. The van der Waals surface area contributed by atoms with Crippen molar-refractivity contribution in [2.75, 3.05) is 13.4 Å². The summed E-state index contributed by atoms with van der Waals surface area (Å²) >= 11 is 0. The third-order valence-corrected chi connectivity index (χ3v) is 5.07. The molecule has 1 aromatic heterocycles. The Bertz CT molecular complexity index is 1150. The quantitative estimate of drug-likeness (QED) is 0.589. The summed E-state index contributed by atoms with van der Waals surface area (Å²) in [6.45, 7) is 0.222. The van der Waals surface area contributed by atoms with Gasteiger partial charge in [-0.25, -0.2) is 18.2 Å². The molecule has 8 nitrogen and oxygen atoms in total. The molecule has 0 radical (unpaired) electrons. The van der Waals surface area contributed by atoms with Gasteiger partial charge in [-0.05, 0) is 29.8 Å². The molecular weight excluding hydrogens is 394 g/mol. The number of hydrogen-bond acceptors (Lipinski definition) is 6. The van der Waals surface area contributed by atoms with Crippen molar-refractivity contribution in [3.63, 3.8) is 0 Å². The smallest absolute Gasteiger partial charge is 0.337 e. The van der Waals surface area contributed by atoms with E-state index in [4.69, 9.17) is 0 Å². The van der Waals surface area contributed by atoms with Crippen molar-refractivity contribution in [2.45, 2.75) is 18.8 Å². The molecule has 0 spiro atoms. The van der Waals surface area contributed by atoms with Crippen LogP contribution in [0, 0.1) is 0 Å². The summed E-state index contributed by atoms with van der Waals surface area (Å²) in [6, 6.07) is 13.9. The van der Waals surface area contributed by atoms with Crippen LogP contribution in [0.3, 0.4) is 0 Å². The Balaban J connectivity index is 1.72. The highest BCUT2D eigenvalue weighted by Gasteiger charge is 2.17. The van der Waals surface area contributed by atoms with Crippen molar-refractivity contribution in [3.05, 3.63) is 65.5 Å². The maximum atomic E-state index is 12.5. The van der Waals surface area contributed by atoms with Crippen molar-refractivity contribution in [3.8, 4) is 0 Å². The largest absolute Gasteiger partial charge is 0.465 e. The first-order chi connectivity index (χ1) is 13.8. The first-order valence-electron chi connectivity index (χ1n) is 8.82. The maximum Gasteiger partial charge on any atom is 0.337 e. The number of benzene rings is 2. The molecule has 1 amide bonds. The van der Waals surface area contributed by atoms with Gasteiger partial charge in [0.1, 0.15) is 18.1 Å². The number of fused-ring (bicyclic) bond motifs is 1. The molecule has 3 rings (SSSR count). The van der Waals surface area contributed by atoms with Gasteiger partial charge in [0.05, 0.1) is 23.7 Å². The molecule has 1 N–H and O–H groups in total. The summed E-state index contributed by atoms with van der Waals surface area (Å²) in [6.07, 6.45) is 1.13. The van der Waals surface area contributed by atoms with E-state index in [1.807, 2.05) is 12.1 Å². The van der Waals surface area contributed by atoms with Gasteiger partial charge in [0.25, 0.3) is 0 Å². The van der Waals surface area contributed by atoms with Crippen LogP contribution in [-0.4, -0.2) is 43.2 Å². The van der Waals surface area contributed by atoms with Crippen molar-refractivity contribution in [2.24, 2.45) is 0 Å². The molecule has 2 aromatic carbocycles. The van der Waals surface area contributed by atoms with E-state index in [1.165, 1.54) is 7.11 Å². The Labute approximate surface area is 168 Å². The SMILES string of the molecule is COC(=O)c1ccc(CNC(=O)Cn2c(CS(C)(=O)=O)nc3ccccc32)cc1. The van der Waals surface area contributed by atoms with Crippen LogP contribution in [0.4, 0.5) is 0 Å². The predicted molar refractivity (Wildman–Crippen MR) is 108 cm³/mol. The molecule has 0 bridgehead atoms. The minimum atomic E-state index is -3.30. The van der Waals surface area contributed by atoms with Crippen molar-refractivity contribution >= 4 is 32.7 Å². The van der Waals surface area contributed by atoms with E-state index in [9.17, 15) is 18.0 Å². The van der Waals surface area contributed by atoms with Crippen LogP contribution in [0.25, 0.3) is 11.0 Å². The molecule has 0 aliphatic carbocycles. The number of ether oxygens (including phenoxy) is 1. The third kappa shape index (κ3) is 5.20.